The number of carbonyl (C=O) groups is 1. The predicted molar refractivity (Wildman–Crippen MR) is 58.8 cm³/mol. The standard InChI is InChI=1S/C11H12N2O4/c1-17-10-7(4-12)2-6(3-9(10)14)8(5-13)11(15)16/h2-3,8,14H,5,13H2,1H3,(H,15,16). The van der Waals surface area contributed by atoms with Crippen LogP contribution in [0.4, 0.5) is 0 Å². The number of nitriles is 1. The molecule has 4 N–H and O–H groups in total. The molecule has 1 unspecified atom stereocenters. The van der Waals surface area contributed by atoms with Crippen molar-refractivity contribution in [3.8, 4) is 17.6 Å². The third-order valence-electron chi connectivity index (χ3n) is 2.35. The van der Waals surface area contributed by atoms with Gasteiger partial charge in [-0.15, -0.1) is 0 Å². The first-order valence-corrected chi connectivity index (χ1v) is 4.79. The molecule has 0 fully saturated rings. The topological polar surface area (TPSA) is 117 Å². The number of hydrogen-bond acceptors (Lipinski definition) is 5. The maximum Gasteiger partial charge on any atom is 0.312 e. The molecule has 0 bridgehead atoms. The fraction of sp³-hybridized carbons (Fsp3) is 0.273. The number of phenolic OH excluding ortho intramolecular Hbond substituents is 1. The number of hydrogen-bond donors (Lipinski definition) is 3. The highest BCUT2D eigenvalue weighted by Crippen LogP contribution is 2.33. The normalized spacial score (nSPS) is 11.6. The van der Waals surface area contributed by atoms with Crippen LogP contribution in [0.2, 0.25) is 0 Å². The molecule has 0 heterocycles. The molecule has 0 spiro atoms. The maximum atomic E-state index is 10.9. The number of nitrogens with two attached hydrogens (primary N) is 1. The summed E-state index contributed by atoms with van der Waals surface area (Å²) >= 11 is 0. The molecule has 0 radical (unpaired) electrons. The van der Waals surface area contributed by atoms with Crippen LogP contribution >= 0.6 is 0 Å². The summed E-state index contributed by atoms with van der Waals surface area (Å²) in [5, 5.41) is 27.4. The number of phenols is 1. The first-order valence-electron chi connectivity index (χ1n) is 4.79. The lowest BCUT2D eigenvalue weighted by Crippen LogP contribution is -2.21. The van der Waals surface area contributed by atoms with Crippen molar-refractivity contribution >= 4 is 5.97 Å². The number of aromatic hydroxyl groups is 1. The largest absolute Gasteiger partial charge is 0.504 e. The van der Waals surface area contributed by atoms with Gasteiger partial charge in [0.05, 0.1) is 18.6 Å². The Bertz CT molecular complexity index is 479. The number of carboxylic acid groups (broad SMARTS) is 1. The van der Waals surface area contributed by atoms with Crippen molar-refractivity contribution in [3.05, 3.63) is 23.3 Å². The molecule has 1 atom stereocenters. The van der Waals surface area contributed by atoms with E-state index in [-0.39, 0.29) is 29.2 Å². The van der Waals surface area contributed by atoms with E-state index in [0.29, 0.717) is 0 Å². The summed E-state index contributed by atoms with van der Waals surface area (Å²) in [6, 6.07) is 4.42. The molecule has 0 aliphatic carbocycles. The van der Waals surface area contributed by atoms with Crippen LogP contribution in [-0.4, -0.2) is 29.8 Å². The Kier molecular flexibility index (Phi) is 3.91. The Labute approximate surface area is 97.9 Å². The van der Waals surface area contributed by atoms with Gasteiger partial charge in [-0.2, -0.15) is 5.26 Å². The second kappa shape index (κ2) is 5.18. The van der Waals surface area contributed by atoms with Crippen molar-refractivity contribution in [2.75, 3.05) is 13.7 Å². The summed E-state index contributed by atoms with van der Waals surface area (Å²) in [4.78, 5) is 10.9. The number of ether oxygens (including phenoxy) is 1. The number of carboxylic acids is 1. The lowest BCUT2D eigenvalue weighted by atomic mass is 9.97. The van der Waals surface area contributed by atoms with Gasteiger partial charge in [-0.25, -0.2) is 0 Å². The minimum Gasteiger partial charge on any atom is -0.504 e. The molecular weight excluding hydrogens is 224 g/mol. The van der Waals surface area contributed by atoms with Crippen LogP contribution in [0.1, 0.15) is 17.0 Å². The number of methoxy groups -OCH3 is 1. The van der Waals surface area contributed by atoms with E-state index in [9.17, 15) is 9.90 Å². The Morgan fingerprint density at radius 3 is 2.71 bits per heavy atom. The molecule has 0 aliphatic rings. The molecule has 1 aromatic rings. The molecule has 90 valence electrons. The number of benzene rings is 1. The van der Waals surface area contributed by atoms with Gasteiger partial charge in [0.15, 0.2) is 11.5 Å². The van der Waals surface area contributed by atoms with Crippen LogP contribution in [0.5, 0.6) is 11.5 Å². The molecule has 1 rings (SSSR count). The molecule has 6 nitrogen and oxygen atoms in total. The van der Waals surface area contributed by atoms with Gasteiger partial charge in [0.25, 0.3) is 0 Å². The number of rotatable bonds is 4. The minimum atomic E-state index is -1.11. The third kappa shape index (κ3) is 2.46. The lowest BCUT2D eigenvalue weighted by Gasteiger charge is -2.13. The van der Waals surface area contributed by atoms with E-state index in [1.54, 1.807) is 0 Å². The highest BCUT2D eigenvalue weighted by atomic mass is 16.5. The summed E-state index contributed by atoms with van der Waals surface area (Å²) in [6.07, 6.45) is 0. The summed E-state index contributed by atoms with van der Waals surface area (Å²) in [7, 11) is 1.31. The van der Waals surface area contributed by atoms with E-state index in [1.807, 2.05) is 6.07 Å². The molecule has 0 amide bonds. The van der Waals surface area contributed by atoms with Crippen molar-refractivity contribution in [1.82, 2.24) is 0 Å². The second-order valence-electron chi connectivity index (χ2n) is 3.36. The Morgan fingerprint density at radius 1 is 1.65 bits per heavy atom. The molecule has 6 heteroatoms. The van der Waals surface area contributed by atoms with Crippen molar-refractivity contribution < 1.29 is 19.7 Å². The molecule has 0 saturated heterocycles. The summed E-state index contributed by atoms with van der Waals surface area (Å²) in [6.45, 7) is -0.119. The van der Waals surface area contributed by atoms with Crippen LogP contribution in [0.15, 0.2) is 12.1 Å². The summed E-state index contributed by atoms with van der Waals surface area (Å²) in [5.41, 5.74) is 5.69. The molecule has 0 aliphatic heterocycles. The van der Waals surface area contributed by atoms with Crippen molar-refractivity contribution in [3.63, 3.8) is 0 Å². The fourth-order valence-corrected chi connectivity index (χ4v) is 1.51. The zero-order valence-corrected chi connectivity index (χ0v) is 9.17. The highest BCUT2D eigenvalue weighted by molar-refractivity contribution is 5.77. The van der Waals surface area contributed by atoms with E-state index in [1.165, 1.54) is 19.2 Å². The van der Waals surface area contributed by atoms with E-state index in [4.69, 9.17) is 20.8 Å². The SMILES string of the molecule is COc1c(O)cc(C(CN)C(=O)O)cc1C#N. The Balaban J connectivity index is 3.34. The van der Waals surface area contributed by atoms with Gasteiger partial charge in [-0.3, -0.25) is 4.79 Å². The molecule has 17 heavy (non-hydrogen) atoms. The van der Waals surface area contributed by atoms with E-state index >= 15 is 0 Å². The van der Waals surface area contributed by atoms with Gasteiger partial charge in [0, 0.05) is 6.54 Å². The van der Waals surface area contributed by atoms with Crippen molar-refractivity contribution in [1.29, 1.82) is 5.26 Å². The van der Waals surface area contributed by atoms with Gasteiger partial charge in [0.2, 0.25) is 0 Å². The predicted octanol–water partition coefficient (Wildman–Crippen LogP) is 0.399. The van der Waals surface area contributed by atoms with E-state index in [2.05, 4.69) is 0 Å². The average molecular weight is 236 g/mol. The number of aliphatic carboxylic acids is 1. The lowest BCUT2D eigenvalue weighted by molar-refractivity contribution is -0.138. The molecule has 1 aromatic carbocycles. The highest BCUT2D eigenvalue weighted by Gasteiger charge is 2.21. The zero-order chi connectivity index (χ0) is 13.0. The van der Waals surface area contributed by atoms with Crippen LogP contribution in [-0.2, 0) is 4.79 Å². The zero-order valence-electron chi connectivity index (χ0n) is 9.17. The number of nitrogens with zero attached hydrogens (tertiary/aromatic N) is 1. The van der Waals surface area contributed by atoms with Crippen molar-refractivity contribution in [2.45, 2.75) is 5.92 Å². The van der Waals surface area contributed by atoms with Crippen LogP contribution in [0.25, 0.3) is 0 Å². The van der Waals surface area contributed by atoms with E-state index < -0.39 is 11.9 Å². The smallest absolute Gasteiger partial charge is 0.312 e. The summed E-state index contributed by atoms with van der Waals surface area (Å²) < 4.78 is 4.84. The summed E-state index contributed by atoms with van der Waals surface area (Å²) in [5.74, 6) is -2.32. The Morgan fingerprint density at radius 2 is 2.29 bits per heavy atom. The molecular formula is C11H12N2O4. The maximum absolute atomic E-state index is 10.9. The Hall–Kier alpha value is -2.26. The molecule has 0 saturated carbocycles. The molecule has 0 aromatic heterocycles. The van der Waals surface area contributed by atoms with Crippen LogP contribution < -0.4 is 10.5 Å². The fourth-order valence-electron chi connectivity index (χ4n) is 1.51. The van der Waals surface area contributed by atoms with E-state index in [0.717, 1.165) is 0 Å². The minimum absolute atomic E-state index is 0.0254. The first kappa shape index (κ1) is 12.8. The van der Waals surface area contributed by atoms with Gasteiger partial charge in [0.1, 0.15) is 6.07 Å². The average Bonchev–Trinajstić information content (AvgIpc) is 2.28. The van der Waals surface area contributed by atoms with Gasteiger partial charge >= 0.3 is 5.97 Å². The second-order valence-corrected chi connectivity index (χ2v) is 3.36. The van der Waals surface area contributed by atoms with Crippen LogP contribution in [0, 0.1) is 11.3 Å². The van der Waals surface area contributed by atoms with Crippen molar-refractivity contribution in [2.24, 2.45) is 5.73 Å². The van der Waals surface area contributed by atoms with Gasteiger partial charge in [-0.05, 0) is 17.7 Å². The van der Waals surface area contributed by atoms with Gasteiger partial charge < -0.3 is 20.7 Å². The van der Waals surface area contributed by atoms with Crippen LogP contribution in [0.3, 0.4) is 0 Å². The third-order valence-corrected chi connectivity index (χ3v) is 2.35. The van der Waals surface area contributed by atoms with Gasteiger partial charge in [-0.1, -0.05) is 0 Å². The quantitative estimate of drug-likeness (QED) is 0.696. The first-order chi connectivity index (χ1) is 8.04. The monoisotopic (exact) mass is 236 g/mol.